The summed E-state index contributed by atoms with van der Waals surface area (Å²) in [6.07, 6.45) is 2.98. The Balaban J connectivity index is 0.00000512. The average molecular weight is 560 g/mol. The van der Waals surface area contributed by atoms with Gasteiger partial charge in [-0.15, -0.1) is 24.0 Å². The number of piperidine rings is 1. The molecule has 2 rings (SSSR count). The van der Waals surface area contributed by atoms with Gasteiger partial charge in [0.15, 0.2) is 5.96 Å². The molecule has 32 heavy (non-hydrogen) atoms. The minimum Gasteiger partial charge on any atom is -0.491 e. The summed E-state index contributed by atoms with van der Waals surface area (Å²) < 4.78 is 5.99. The van der Waals surface area contributed by atoms with Gasteiger partial charge >= 0.3 is 0 Å². The van der Waals surface area contributed by atoms with E-state index in [0.717, 1.165) is 57.2 Å². The molecule has 182 valence electrons. The van der Waals surface area contributed by atoms with E-state index in [1.807, 2.05) is 12.1 Å². The van der Waals surface area contributed by atoms with Crippen molar-refractivity contribution in [1.29, 1.82) is 0 Å². The zero-order chi connectivity index (χ0) is 22.5. The summed E-state index contributed by atoms with van der Waals surface area (Å²) in [4.78, 5) is 18.8. The predicted octanol–water partition coefficient (Wildman–Crippen LogP) is 3.35. The van der Waals surface area contributed by atoms with E-state index in [9.17, 15) is 4.79 Å². The highest BCUT2D eigenvalue weighted by molar-refractivity contribution is 14.0. The lowest BCUT2D eigenvalue weighted by atomic mass is 10.0. The standard InChI is InChI=1S/C24H41N5O2.HI/c1-5-13-26-23(30)18-29-15-11-20(12-16-29)28-24(25-6-2)27-14-17-31-22-10-8-7-9-21(22)19(3)4;/h7-10,19-20H,5-6,11-18H2,1-4H3,(H,26,30)(H2,25,27,28);1H. The van der Waals surface area contributed by atoms with Crippen LogP contribution in [0.5, 0.6) is 5.75 Å². The van der Waals surface area contributed by atoms with Crippen molar-refractivity contribution in [3.05, 3.63) is 29.8 Å². The number of halogens is 1. The summed E-state index contributed by atoms with van der Waals surface area (Å²) in [6.45, 7) is 13.6. The number of benzene rings is 1. The first-order chi connectivity index (χ1) is 15.0. The van der Waals surface area contributed by atoms with E-state index in [1.165, 1.54) is 5.56 Å². The Bertz CT molecular complexity index is 691. The number of para-hydroxylation sites is 1. The van der Waals surface area contributed by atoms with E-state index in [1.54, 1.807) is 0 Å². The van der Waals surface area contributed by atoms with Crippen LogP contribution in [0, 0.1) is 0 Å². The minimum atomic E-state index is 0. The maximum Gasteiger partial charge on any atom is 0.234 e. The van der Waals surface area contributed by atoms with Crippen LogP contribution in [0.4, 0.5) is 0 Å². The highest BCUT2D eigenvalue weighted by Gasteiger charge is 2.21. The maximum atomic E-state index is 11.9. The van der Waals surface area contributed by atoms with Crippen molar-refractivity contribution in [2.45, 2.75) is 58.9 Å². The molecule has 3 N–H and O–H groups in total. The molecule has 0 saturated carbocycles. The van der Waals surface area contributed by atoms with Gasteiger partial charge in [-0.05, 0) is 43.7 Å². The number of rotatable bonds is 11. The van der Waals surface area contributed by atoms with Crippen molar-refractivity contribution in [2.24, 2.45) is 4.99 Å². The van der Waals surface area contributed by atoms with E-state index in [4.69, 9.17) is 9.73 Å². The fourth-order valence-electron chi connectivity index (χ4n) is 3.67. The van der Waals surface area contributed by atoms with E-state index in [2.05, 4.69) is 60.7 Å². The summed E-state index contributed by atoms with van der Waals surface area (Å²) >= 11 is 0. The molecule has 0 aliphatic carbocycles. The number of nitrogens with one attached hydrogen (secondary N) is 3. The number of carbonyl (C=O) groups is 1. The van der Waals surface area contributed by atoms with Crippen LogP contribution in [-0.4, -0.2) is 68.7 Å². The normalized spacial score (nSPS) is 15.2. The van der Waals surface area contributed by atoms with E-state index in [-0.39, 0.29) is 29.9 Å². The van der Waals surface area contributed by atoms with Gasteiger partial charge in [0.1, 0.15) is 12.4 Å². The van der Waals surface area contributed by atoms with Crippen molar-refractivity contribution < 1.29 is 9.53 Å². The molecule has 7 nitrogen and oxygen atoms in total. The lowest BCUT2D eigenvalue weighted by molar-refractivity contribution is -0.122. The van der Waals surface area contributed by atoms with Crippen LogP contribution in [0.15, 0.2) is 29.3 Å². The molecule has 1 saturated heterocycles. The molecule has 0 radical (unpaired) electrons. The molecule has 1 fully saturated rings. The summed E-state index contributed by atoms with van der Waals surface area (Å²) in [5.74, 6) is 2.34. The zero-order valence-electron chi connectivity index (χ0n) is 20.2. The van der Waals surface area contributed by atoms with Gasteiger partial charge in [0, 0.05) is 32.2 Å². The van der Waals surface area contributed by atoms with Gasteiger partial charge in [-0.3, -0.25) is 9.69 Å². The number of hydrogen-bond acceptors (Lipinski definition) is 4. The lowest BCUT2D eigenvalue weighted by Gasteiger charge is -2.32. The Morgan fingerprint density at radius 2 is 1.91 bits per heavy atom. The Labute approximate surface area is 211 Å². The van der Waals surface area contributed by atoms with E-state index < -0.39 is 0 Å². The van der Waals surface area contributed by atoms with Gasteiger partial charge < -0.3 is 20.7 Å². The second kappa shape index (κ2) is 16.1. The zero-order valence-corrected chi connectivity index (χ0v) is 22.5. The number of ether oxygens (including phenoxy) is 1. The third kappa shape index (κ3) is 10.4. The molecule has 1 heterocycles. The number of likely N-dealkylation sites (tertiary alicyclic amines) is 1. The average Bonchev–Trinajstić information content (AvgIpc) is 2.77. The van der Waals surface area contributed by atoms with Crippen LogP contribution in [-0.2, 0) is 4.79 Å². The maximum absolute atomic E-state index is 11.9. The first-order valence-electron chi connectivity index (χ1n) is 11.8. The molecule has 0 spiro atoms. The quantitative estimate of drug-likeness (QED) is 0.168. The Kier molecular flexibility index (Phi) is 14.4. The fourth-order valence-corrected chi connectivity index (χ4v) is 3.67. The van der Waals surface area contributed by atoms with Crippen LogP contribution in [0.3, 0.4) is 0 Å². The van der Waals surface area contributed by atoms with Crippen molar-refractivity contribution in [1.82, 2.24) is 20.9 Å². The third-order valence-electron chi connectivity index (χ3n) is 5.37. The monoisotopic (exact) mass is 559 g/mol. The van der Waals surface area contributed by atoms with Crippen LogP contribution >= 0.6 is 24.0 Å². The predicted molar refractivity (Wildman–Crippen MR) is 143 cm³/mol. The van der Waals surface area contributed by atoms with Gasteiger partial charge in [0.05, 0.1) is 13.1 Å². The Morgan fingerprint density at radius 3 is 2.56 bits per heavy atom. The number of aliphatic imine (C=N–C) groups is 1. The largest absolute Gasteiger partial charge is 0.491 e. The number of nitrogens with zero attached hydrogens (tertiary/aromatic N) is 2. The smallest absolute Gasteiger partial charge is 0.234 e. The van der Waals surface area contributed by atoms with Crippen LogP contribution < -0.4 is 20.7 Å². The topological polar surface area (TPSA) is 78.0 Å². The van der Waals surface area contributed by atoms with Crippen molar-refractivity contribution >= 4 is 35.8 Å². The highest BCUT2D eigenvalue weighted by Crippen LogP contribution is 2.25. The van der Waals surface area contributed by atoms with Gasteiger partial charge in [-0.25, -0.2) is 4.99 Å². The number of amides is 1. The molecule has 8 heteroatoms. The van der Waals surface area contributed by atoms with Crippen molar-refractivity contribution in [3.8, 4) is 5.75 Å². The molecular formula is C24H42IN5O2. The van der Waals surface area contributed by atoms with Gasteiger partial charge in [-0.2, -0.15) is 0 Å². The minimum absolute atomic E-state index is 0. The molecule has 1 aromatic carbocycles. The van der Waals surface area contributed by atoms with Crippen LogP contribution in [0.1, 0.15) is 58.4 Å². The van der Waals surface area contributed by atoms with E-state index in [0.29, 0.717) is 31.7 Å². The Morgan fingerprint density at radius 1 is 1.19 bits per heavy atom. The van der Waals surface area contributed by atoms with Gasteiger partial charge in [0.25, 0.3) is 0 Å². The summed E-state index contributed by atoms with van der Waals surface area (Å²) in [5.41, 5.74) is 1.23. The summed E-state index contributed by atoms with van der Waals surface area (Å²) in [7, 11) is 0. The molecule has 0 bridgehead atoms. The van der Waals surface area contributed by atoms with E-state index >= 15 is 0 Å². The highest BCUT2D eigenvalue weighted by atomic mass is 127. The molecular weight excluding hydrogens is 517 g/mol. The second-order valence-corrected chi connectivity index (χ2v) is 8.35. The summed E-state index contributed by atoms with van der Waals surface area (Å²) in [6, 6.07) is 8.58. The first kappa shape index (κ1) is 28.5. The van der Waals surface area contributed by atoms with Gasteiger partial charge in [0.2, 0.25) is 5.91 Å². The lowest BCUT2D eigenvalue weighted by Crippen LogP contribution is -2.50. The molecule has 1 aromatic rings. The molecule has 1 aliphatic rings. The Hall–Kier alpha value is -1.55. The SMILES string of the molecule is CCCNC(=O)CN1CCC(NC(=NCCOc2ccccc2C(C)C)NCC)CC1.I. The third-order valence-corrected chi connectivity index (χ3v) is 5.37. The second-order valence-electron chi connectivity index (χ2n) is 8.35. The molecule has 0 atom stereocenters. The first-order valence-corrected chi connectivity index (χ1v) is 11.8. The van der Waals surface area contributed by atoms with Crippen molar-refractivity contribution in [3.63, 3.8) is 0 Å². The number of hydrogen-bond donors (Lipinski definition) is 3. The van der Waals surface area contributed by atoms with Crippen LogP contribution in [0.2, 0.25) is 0 Å². The molecule has 0 unspecified atom stereocenters. The summed E-state index contributed by atoms with van der Waals surface area (Å²) in [5, 5.41) is 9.83. The van der Waals surface area contributed by atoms with Gasteiger partial charge in [-0.1, -0.05) is 39.0 Å². The van der Waals surface area contributed by atoms with Crippen molar-refractivity contribution in [2.75, 3.05) is 45.9 Å². The number of guanidine groups is 1. The molecule has 1 aliphatic heterocycles. The molecule has 0 aromatic heterocycles. The number of carbonyl (C=O) groups excluding carboxylic acids is 1. The van der Waals surface area contributed by atoms with Crippen LogP contribution in [0.25, 0.3) is 0 Å². The fraction of sp³-hybridized carbons (Fsp3) is 0.667. The molecule has 1 amide bonds.